The minimum Gasteiger partial charge on any atom is -0.302 e. The molecular formula is C2H6OS26. The lowest BCUT2D eigenvalue weighted by Crippen LogP contribution is -1.93. The highest BCUT2D eigenvalue weighted by Crippen LogP contribution is 2.65. The molecule has 0 rings (SSSR count). The van der Waals surface area contributed by atoms with E-state index in [-0.39, 0.29) is 0 Å². The highest BCUT2D eigenvalue weighted by Gasteiger charge is 2.05. The Hall–Kier alpha value is 8.80. The number of hydrogen-bond acceptors (Lipinski definition) is 26. The highest BCUT2D eigenvalue weighted by molar-refractivity contribution is 9.59. The van der Waals surface area contributed by atoms with Gasteiger partial charge in [-0.15, -0.1) is 0 Å². The fourth-order valence-corrected chi connectivity index (χ4v) is 63.6. The fraction of sp³-hybridized carbons (Fsp3) is 1.00. The first-order chi connectivity index (χ1) is 14.1. The van der Waals surface area contributed by atoms with Gasteiger partial charge in [-0.2, -0.15) is 0 Å². The van der Waals surface area contributed by atoms with Gasteiger partial charge in [0.1, 0.15) is 0 Å². The molecule has 27 heteroatoms. The van der Waals surface area contributed by atoms with Gasteiger partial charge in [0.15, 0.2) is 0 Å². The summed E-state index contributed by atoms with van der Waals surface area (Å²) in [6.07, 6.45) is 0. The SMILES string of the molecule is CCOS(=S)(=S)SSSSSSSSSSSSSSSSSSSSSSS. The average molecular weight is 880 g/mol. The first kappa shape index (κ1) is 37.8. The zero-order valence-electron chi connectivity index (χ0n) is 12.8. The number of hydrogen-bond donors (Lipinski definition) is 1. The Bertz CT molecular complexity index is 403. The summed E-state index contributed by atoms with van der Waals surface area (Å²) in [4.78, 5) is 0. The zero-order chi connectivity index (χ0) is 21.5. The third-order valence-electron chi connectivity index (χ3n) is 0.932. The molecule has 0 aromatic heterocycles. The molecule has 0 aromatic rings. The molecule has 29 heavy (non-hydrogen) atoms. The van der Waals surface area contributed by atoms with E-state index in [1.165, 1.54) is 19.7 Å². The van der Waals surface area contributed by atoms with Crippen LogP contribution in [-0.4, -0.2) is 6.61 Å². The maximum atomic E-state index is 5.37. The normalized spacial score (nSPS) is 11.9. The molecule has 0 heterocycles. The summed E-state index contributed by atoms with van der Waals surface area (Å²) in [5.74, 6) is 0. The van der Waals surface area contributed by atoms with E-state index in [1.807, 2.05) is 6.92 Å². The molecule has 0 amide bonds. The quantitative estimate of drug-likeness (QED) is 0.0559. The van der Waals surface area contributed by atoms with Gasteiger partial charge in [-0.05, 0) is 108 Å². The second-order valence-electron chi connectivity index (χ2n) is 2.32. The lowest BCUT2D eigenvalue weighted by molar-refractivity contribution is 0.402. The van der Waals surface area contributed by atoms with Crippen molar-refractivity contribution in [2.75, 3.05) is 6.61 Å². The third kappa shape index (κ3) is 32.9. The van der Waals surface area contributed by atoms with Gasteiger partial charge in [-0.3, -0.25) is 0 Å². The van der Waals surface area contributed by atoms with E-state index in [1.54, 1.807) is 197 Å². The van der Waals surface area contributed by atoms with E-state index >= 15 is 0 Å². The number of rotatable bonds is 24. The molecular weight excluding hydrogens is 874 g/mol. The van der Waals surface area contributed by atoms with Crippen LogP contribution in [0.1, 0.15) is 6.92 Å². The summed E-state index contributed by atoms with van der Waals surface area (Å²) < 4.78 is 5.37. The van der Waals surface area contributed by atoms with Crippen LogP contribution < -0.4 is 0 Å². The third-order valence-corrected chi connectivity index (χ3v) is 54.4. The Balaban J connectivity index is 3.10. The molecule has 1 nitrogen and oxygen atoms in total. The molecule has 0 radical (unpaired) electrons. The largest absolute Gasteiger partial charge is 0.302 e. The molecule has 0 N–H and O–H groups in total. The molecule has 0 fully saturated rings. The summed E-state index contributed by atoms with van der Waals surface area (Å²) >= 11 is 14.5. The van der Waals surface area contributed by atoms with Gasteiger partial charge in [-0.25, -0.2) is 0 Å². The standard InChI is InChI=1S/C2H6OS26/c1-2-3-29(5,6)28-27-26-25-24-23-22-21-20-19-18-17-16-15-14-13-12-11-10-9-8-7-4/h4H,2H2,1H3. The summed E-state index contributed by atoms with van der Waals surface area (Å²) in [5.41, 5.74) is 0. The van der Waals surface area contributed by atoms with Crippen molar-refractivity contribution in [2.45, 2.75) is 6.92 Å². The van der Waals surface area contributed by atoms with Crippen molar-refractivity contribution >= 4 is 257 Å². The van der Waals surface area contributed by atoms with Crippen molar-refractivity contribution < 1.29 is 4.18 Å². The lowest BCUT2D eigenvalue weighted by atomic mass is 10.9. The Morgan fingerprint density at radius 1 is 0.552 bits per heavy atom. The van der Waals surface area contributed by atoms with Gasteiger partial charge in [0.2, 0.25) is 0 Å². The molecule has 0 unspecified atom stereocenters. The van der Waals surface area contributed by atoms with E-state index in [4.69, 9.17) is 26.6 Å². The summed E-state index contributed by atoms with van der Waals surface area (Å²) in [7, 11) is 38.2. The van der Waals surface area contributed by atoms with E-state index in [2.05, 4.69) is 11.7 Å². The second-order valence-corrected chi connectivity index (χ2v) is 48.6. The predicted octanol–water partition coefficient (Wildman–Crippen LogP) is 15.1. The topological polar surface area (TPSA) is 9.23 Å². The Labute approximate surface area is 268 Å². The minimum atomic E-state index is -1.79. The van der Waals surface area contributed by atoms with Crippen LogP contribution in [0.5, 0.6) is 0 Å². The maximum absolute atomic E-state index is 5.37. The van der Waals surface area contributed by atoms with Crippen molar-refractivity contribution in [1.29, 1.82) is 0 Å². The molecule has 0 aliphatic carbocycles. The lowest BCUT2D eigenvalue weighted by Gasteiger charge is -2.06. The molecule has 0 bridgehead atoms. The van der Waals surface area contributed by atoms with Crippen molar-refractivity contribution in [3.8, 4) is 0 Å². The molecule has 0 aromatic carbocycles. The zero-order valence-corrected chi connectivity index (χ0v) is 34.1. The van der Waals surface area contributed by atoms with Crippen LogP contribution in [-0.2, 0) is 33.0 Å². The van der Waals surface area contributed by atoms with Crippen LogP contribution in [0.4, 0.5) is 0 Å². The summed E-state index contributed by atoms with van der Waals surface area (Å²) in [6.45, 7) is 0.714. The molecule has 0 aliphatic heterocycles. The van der Waals surface area contributed by atoms with Gasteiger partial charge < -0.3 is 4.18 Å². The van der Waals surface area contributed by atoms with Crippen molar-refractivity contribution in [2.24, 2.45) is 0 Å². The van der Waals surface area contributed by atoms with Gasteiger partial charge in [0.25, 0.3) is 0 Å². The first-order valence-electron chi connectivity index (χ1n) is 5.35. The van der Waals surface area contributed by atoms with Gasteiger partial charge >= 0.3 is 0 Å². The fourth-order valence-electron chi connectivity index (χ4n) is 0.426. The second kappa shape index (κ2) is 31.3. The predicted molar refractivity (Wildman–Crippen MR) is 210 cm³/mol. The van der Waals surface area contributed by atoms with Gasteiger partial charge in [0, 0.05) is 138 Å². The molecule has 176 valence electrons. The van der Waals surface area contributed by atoms with Crippen molar-refractivity contribution in [3.63, 3.8) is 0 Å². The average Bonchev–Trinajstić information content (AvgIpc) is 2.69. The van der Waals surface area contributed by atoms with Crippen LogP contribution in [0, 0.1) is 0 Å². The van der Waals surface area contributed by atoms with Crippen LogP contribution in [0.25, 0.3) is 0 Å². The molecule has 0 saturated carbocycles. The first-order valence-corrected chi connectivity index (χ1v) is 39.1. The van der Waals surface area contributed by atoms with E-state index in [9.17, 15) is 0 Å². The smallest absolute Gasteiger partial charge is 0.0820 e. The minimum absolute atomic E-state index is 0.585. The summed E-state index contributed by atoms with van der Waals surface area (Å²) in [6, 6.07) is 0. The molecule has 0 atom stereocenters. The van der Waals surface area contributed by atoms with Crippen LogP contribution in [0.15, 0.2) is 0 Å². The highest BCUT2D eigenvalue weighted by atomic mass is 34.1. The van der Waals surface area contributed by atoms with Crippen molar-refractivity contribution in [1.82, 2.24) is 0 Å². The molecule has 0 spiro atoms. The maximum Gasteiger partial charge on any atom is 0.0820 e. The van der Waals surface area contributed by atoms with Crippen LogP contribution in [0.3, 0.4) is 0 Å². The van der Waals surface area contributed by atoms with E-state index in [0.29, 0.717) is 6.61 Å². The van der Waals surface area contributed by atoms with Crippen molar-refractivity contribution in [3.05, 3.63) is 0 Å². The Morgan fingerprint density at radius 2 is 0.828 bits per heavy atom. The van der Waals surface area contributed by atoms with Gasteiger partial charge in [-0.1, -0.05) is 11.7 Å². The van der Waals surface area contributed by atoms with Crippen LogP contribution >= 0.6 is 228 Å². The van der Waals surface area contributed by atoms with Gasteiger partial charge in [0.05, 0.1) is 13.1 Å². The van der Waals surface area contributed by atoms with Crippen LogP contribution in [0.2, 0.25) is 0 Å². The monoisotopic (exact) mass is 877 g/mol. The summed E-state index contributed by atoms with van der Waals surface area (Å²) in [5, 5.41) is 0. The van der Waals surface area contributed by atoms with E-state index < -0.39 is 6.46 Å². The Kier molecular flexibility index (Phi) is 40.8. The number of thiol groups is 1. The molecule has 0 saturated heterocycles. The molecule has 0 aliphatic rings. The van der Waals surface area contributed by atoms with E-state index in [0.717, 1.165) is 0 Å². The Morgan fingerprint density at radius 3 is 1.10 bits per heavy atom.